The molecule has 1 heterocycles. The first-order chi connectivity index (χ1) is 16.6. The molecular weight excluding hydrogens is 479 g/mol. The number of para-hydroxylation sites is 1. The van der Waals surface area contributed by atoms with Gasteiger partial charge in [0.15, 0.2) is 0 Å². The summed E-state index contributed by atoms with van der Waals surface area (Å²) in [5, 5.41) is 20.9. The Morgan fingerprint density at radius 2 is 1.54 bits per heavy atom. The summed E-state index contributed by atoms with van der Waals surface area (Å²) in [6.45, 7) is 3.81. The van der Waals surface area contributed by atoms with E-state index in [1.54, 1.807) is 23.1 Å². The highest BCUT2D eigenvalue weighted by Gasteiger charge is 2.24. The third-order valence-corrected chi connectivity index (χ3v) is 6.72. The average Bonchev–Trinajstić information content (AvgIpc) is 2.79. The number of aromatic hydroxyl groups is 1. The van der Waals surface area contributed by atoms with Gasteiger partial charge in [-0.3, -0.25) is 29.0 Å². The van der Waals surface area contributed by atoms with Gasteiger partial charge in [-0.2, -0.15) is 0 Å². The van der Waals surface area contributed by atoms with E-state index < -0.39 is 26.0 Å². The van der Waals surface area contributed by atoms with Crippen molar-refractivity contribution in [3.63, 3.8) is 0 Å². The number of ether oxygens (including phenoxy) is 1. The van der Waals surface area contributed by atoms with E-state index in [0.29, 0.717) is 57.9 Å². The lowest BCUT2D eigenvalue weighted by Gasteiger charge is -2.34. The van der Waals surface area contributed by atoms with Gasteiger partial charge >= 0.3 is 13.6 Å². The summed E-state index contributed by atoms with van der Waals surface area (Å²) in [6, 6.07) is 6.60. The van der Waals surface area contributed by atoms with Gasteiger partial charge in [-0.05, 0) is 6.07 Å². The maximum Gasteiger partial charge on any atom is 0.339 e. The van der Waals surface area contributed by atoms with Crippen molar-refractivity contribution in [2.75, 3.05) is 85.4 Å². The Morgan fingerprint density at radius 1 is 1.00 bits per heavy atom. The van der Waals surface area contributed by atoms with Crippen LogP contribution < -0.4 is 0 Å². The number of esters is 1. The van der Waals surface area contributed by atoms with Crippen molar-refractivity contribution in [3.8, 4) is 5.75 Å². The number of β-amino-alcohol motifs (C(OH)–C–C–N with tert-alkyl or cyclic N) is 1. The largest absolute Gasteiger partial charge is 0.508 e. The minimum absolute atomic E-state index is 0.00870. The van der Waals surface area contributed by atoms with Crippen LogP contribution in [0.3, 0.4) is 0 Å². The third kappa shape index (κ3) is 11.1. The molecule has 0 amide bonds. The van der Waals surface area contributed by atoms with Gasteiger partial charge in [0.05, 0.1) is 26.3 Å². The summed E-state index contributed by atoms with van der Waals surface area (Å²) in [7, 11) is -2.99. The molecule has 35 heavy (non-hydrogen) atoms. The lowest BCUT2D eigenvalue weighted by atomic mass is 10.1. The monoisotopic (exact) mass is 516 g/mol. The lowest BCUT2D eigenvalue weighted by molar-refractivity contribution is -0.142. The summed E-state index contributed by atoms with van der Waals surface area (Å²) in [6.07, 6.45) is -0.554. The molecule has 12 nitrogen and oxygen atoms in total. The fourth-order valence-electron chi connectivity index (χ4n) is 3.97. The van der Waals surface area contributed by atoms with Crippen molar-refractivity contribution in [1.29, 1.82) is 0 Å². The number of aliphatic hydroxyl groups is 1. The highest BCUT2D eigenvalue weighted by molar-refractivity contribution is 7.51. The number of benzene rings is 1. The van der Waals surface area contributed by atoms with Crippen LogP contribution in [0.2, 0.25) is 0 Å². The normalized spacial score (nSPS) is 19.4. The molecule has 1 atom stereocenters. The minimum Gasteiger partial charge on any atom is -0.508 e. The van der Waals surface area contributed by atoms with E-state index in [4.69, 9.17) is 4.74 Å². The number of nitrogens with zero attached hydrogens (tertiary/aromatic N) is 4. The van der Waals surface area contributed by atoms with Crippen molar-refractivity contribution >= 4 is 19.9 Å². The summed E-state index contributed by atoms with van der Waals surface area (Å²) < 4.78 is 16.4. The van der Waals surface area contributed by atoms with E-state index in [1.807, 2.05) is 14.7 Å². The number of carbonyl (C=O) groups excluding carboxylic acids is 2. The van der Waals surface area contributed by atoms with Gasteiger partial charge in [0.1, 0.15) is 18.3 Å². The zero-order valence-electron chi connectivity index (χ0n) is 20.1. The van der Waals surface area contributed by atoms with Crippen molar-refractivity contribution in [1.82, 2.24) is 19.6 Å². The maximum atomic E-state index is 11.9. The quantitative estimate of drug-likeness (QED) is 0.184. The van der Waals surface area contributed by atoms with Crippen LogP contribution in [0.5, 0.6) is 5.75 Å². The number of phenolic OH excluding ortho intramolecular Hbond substituents is 1. The molecule has 4 N–H and O–H groups in total. The molecular formula is C22H37N4O8P. The second-order valence-electron chi connectivity index (χ2n) is 8.62. The van der Waals surface area contributed by atoms with E-state index in [1.165, 1.54) is 13.2 Å². The second kappa shape index (κ2) is 14.6. The standard InChI is InChI=1S/C22H37N4O8P/c1-34-22(30)17-25-10-9-24(16-21(29)19-4-2-3-5-20(19)28)8-6-23(14-15-27)7-12-26(13-11-25)18-35(31,32)33/h2-5,15,21,28-29H,6-14,16-18H2,1H3,(H2,31,32,33). The predicted molar refractivity (Wildman–Crippen MR) is 129 cm³/mol. The molecule has 0 aromatic heterocycles. The summed E-state index contributed by atoms with van der Waals surface area (Å²) in [4.78, 5) is 49.5. The Bertz CT molecular complexity index is 854. The zero-order valence-corrected chi connectivity index (χ0v) is 21.0. The summed E-state index contributed by atoms with van der Waals surface area (Å²) in [5.41, 5.74) is 0.419. The molecule has 13 heteroatoms. The van der Waals surface area contributed by atoms with Gasteiger partial charge in [-0.1, -0.05) is 18.2 Å². The van der Waals surface area contributed by atoms with Crippen LogP contribution in [-0.4, -0.2) is 137 Å². The molecule has 1 aliphatic rings. The highest BCUT2D eigenvalue weighted by Crippen LogP contribution is 2.35. The minimum atomic E-state index is -4.29. The van der Waals surface area contributed by atoms with Gasteiger partial charge in [0.25, 0.3) is 0 Å². The molecule has 0 spiro atoms. The SMILES string of the molecule is COC(=O)CN1CCN(CC(O)c2ccccc2O)CCN(CC=O)CCN(CP(=O)(O)O)CC1. The van der Waals surface area contributed by atoms with Gasteiger partial charge in [0, 0.05) is 64.5 Å². The number of hydrogen-bond acceptors (Lipinski definition) is 10. The first kappa shape index (κ1) is 29.3. The number of hydrogen-bond donors (Lipinski definition) is 4. The molecule has 0 bridgehead atoms. The van der Waals surface area contributed by atoms with Gasteiger partial charge in [0.2, 0.25) is 0 Å². The molecule has 1 saturated heterocycles. The van der Waals surface area contributed by atoms with Crippen molar-refractivity contribution in [2.45, 2.75) is 6.10 Å². The molecule has 1 aromatic carbocycles. The van der Waals surface area contributed by atoms with Crippen LogP contribution in [0.15, 0.2) is 24.3 Å². The predicted octanol–water partition coefficient (Wildman–Crippen LogP) is -0.846. The number of carbonyl (C=O) groups is 2. The van der Waals surface area contributed by atoms with Crippen LogP contribution >= 0.6 is 7.60 Å². The average molecular weight is 517 g/mol. The third-order valence-electron chi connectivity index (χ3n) is 5.95. The van der Waals surface area contributed by atoms with Crippen LogP contribution in [0.4, 0.5) is 0 Å². The van der Waals surface area contributed by atoms with Crippen molar-refractivity contribution < 1.29 is 38.9 Å². The molecule has 2 rings (SSSR count). The topological polar surface area (TPSA) is 154 Å². The van der Waals surface area contributed by atoms with E-state index in [0.717, 1.165) is 6.29 Å². The number of aldehydes is 1. The molecule has 0 saturated carbocycles. The number of phenols is 1. The summed E-state index contributed by atoms with van der Waals surface area (Å²) in [5.74, 6) is -0.411. The smallest absolute Gasteiger partial charge is 0.339 e. The van der Waals surface area contributed by atoms with Gasteiger partial charge < -0.3 is 29.5 Å². The first-order valence-corrected chi connectivity index (χ1v) is 13.3. The van der Waals surface area contributed by atoms with E-state index in [-0.39, 0.29) is 25.4 Å². The Kier molecular flexibility index (Phi) is 12.3. The van der Waals surface area contributed by atoms with Crippen LogP contribution in [0.1, 0.15) is 11.7 Å². The first-order valence-electron chi connectivity index (χ1n) is 11.5. The Labute approximate surface area is 205 Å². The van der Waals surface area contributed by atoms with Crippen LogP contribution in [-0.2, 0) is 18.9 Å². The van der Waals surface area contributed by atoms with Crippen LogP contribution in [0.25, 0.3) is 0 Å². The van der Waals surface area contributed by atoms with E-state index >= 15 is 0 Å². The Morgan fingerprint density at radius 3 is 2.09 bits per heavy atom. The number of aliphatic hydroxyl groups excluding tert-OH is 1. The Hall–Kier alpha value is -1.89. The highest BCUT2D eigenvalue weighted by atomic mass is 31.2. The molecule has 1 fully saturated rings. The summed E-state index contributed by atoms with van der Waals surface area (Å²) >= 11 is 0. The molecule has 1 aliphatic heterocycles. The fourth-order valence-corrected chi connectivity index (χ4v) is 4.77. The molecule has 0 aliphatic carbocycles. The Balaban J connectivity index is 2.18. The van der Waals surface area contributed by atoms with Gasteiger partial charge in [-0.25, -0.2) is 0 Å². The molecule has 0 radical (unpaired) electrons. The molecule has 1 aromatic rings. The fraction of sp³-hybridized carbons (Fsp3) is 0.636. The van der Waals surface area contributed by atoms with Crippen molar-refractivity contribution in [2.24, 2.45) is 0 Å². The second-order valence-corrected chi connectivity index (χ2v) is 10.2. The zero-order chi connectivity index (χ0) is 25.8. The lowest BCUT2D eigenvalue weighted by Crippen LogP contribution is -2.48. The van der Waals surface area contributed by atoms with Gasteiger partial charge in [-0.15, -0.1) is 0 Å². The molecule has 1 unspecified atom stereocenters. The number of methoxy groups -OCH3 is 1. The number of rotatable bonds is 9. The maximum absolute atomic E-state index is 11.9. The van der Waals surface area contributed by atoms with Crippen molar-refractivity contribution in [3.05, 3.63) is 29.8 Å². The van der Waals surface area contributed by atoms with E-state index in [2.05, 4.69) is 0 Å². The van der Waals surface area contributed by atoms with E-state index in [9.17, 15) is 34.2 Å². The molecule has 198 valence electrons. The van der Waals surface area contributed by atoms with Crippen LogP contribution in [0, 0.1) is 0 Å².